The van der Waals surface area contributed by atoms with Crippen LogP contribution in [0.5, 0.6) is 5.75 Å². The number of carbonyl (C=O) groups excluding carboxylic acids is 3. The maximum absolute atomic E-state index is 13.2. The number of aromatic nitrogens is 4. The first-order valence-corrected chi connectivity index (χ1v) is 11.1. The van der Waals surface area contributed by atoms with Crippen LogP contribution in [0, 0.1) is 6.92 Å². The number of hydrogen-bond acceptors (Lipinski definition) is 8. The Bertz CT molecular complexity index is 1480. The number of esters is 1. The zero-order valence-corrected chi connectivity index (χ0v) is 20.2. The molecule has 4 rings (SSSR count). The van der Waals surface area contributed by atoms with Gasteiger partial charge in [-0.3, -0.25) is 9.59 Å². The molecular weight excluding hydrogens is 464 g/mol. The molecule has 3 aromatic heterocycles. The van der Waals surface area contributed by atoms with Crippen molar-refractivity contribution in [2.75, 3.05) is 24.4 Å². The smallest absolute Gasteiger partial charge is 0.343 e. The summed E-state index contributed by atoms with van der Waals surface area (Å²) >= 11 is 0. The van der Waals surface area contributed by atoms with Crippen LogP contribution < -0.4 is 15.4 Å². The van der Waals surface area contributed by atoms with Crippen molar-refractivity contribution in [1.29, 1.82) is 0 Å². The Morgan fingerprint density at radius 1 is 1.11 bits per heavy atom. The van der Waals surface area contributed by atoms with Gasteiger partial charge in [-0.1, -0.05) is 12.1 Å². The monoisotopic (exact) mass is 488 g/mol. The first-order chi connectivity index (χ1) is 17.3. The van der Waals surface area contributed by atoms with Crippen molar-refractivity contribution in [3.05, 3.63) is 65.5 Å². The van der Waals surface area contributed by atoms with Crippen LogP contribution in [-0.2, 0) is 9.53 Å². The molecule has 0 aliphatic rings. The lowest BCUT2D eigenvalue weighted by molar-refractivity contribution is -0.114. The van der Waals surface area contributed by atoms with Gasteiger partial charge in [-0.15, -0.1) is 0 Å². The highest BCUT2D eigenvalue weighted by atomic mass is 16.5. The molecule has 11 heteroatoms. The third kappa shape index (κ3) is 4.85. The Hall–Kier alpha value is -4.80. The molecule has 2 amide bonds. The number of fused-ring (bicyclic) bond motifs is 1. The third-order valence-corrected chi connectivity index (χ3v) is 5.26. The van der Waals surface area contributed by atoms with E-state index < -0.39 is 11.9 Å². The summed E-state index contributed by atoms with van der Waals surface area (Å²) in [7, 11) is 1.56. The second-order valence-electron chi connectivity index (χ2n) is 7.76. The number of rotatable bonds is 7. The average molecular weight is 489 g/mol. The van der Waals surface area contributed by atoms with Crippen LogP contribution in [0.2, 0.25) is 0 Å². The average Bonchev–Trinajstić information content (AvgIpc) is 3.27. The molecule has 0 spiro atoms. The van der Waals surface area contributed by atoms with Crippen LogP contribution in [0.3, 0.4) is 0 Å². The topological polar surface area (TPSA) is 137 Å². The molecule has 184 valence electrons. The van der Waals surface area contributed by atoms with Crippen molar-refractivity contribution in [2.24, 2.45) is 0 Å². The number of hydrogen-bond donors (Lipinski definition) is 2. The van der Waals surface area contributed by atoms with E-state index in [4.69, 9.17) is 14.5 Å². The summed E-state index contributed by atoms with van der Waals surface area (Å²) < 4.78 is 12.0. The number of benzene rings is 1. The van der Waals surface area contributed by atoms with E-state index in [0.717, 1.165) is 10.9 Å². The Balaban J connectivity index is 1.80. The fourth-order valence-electron chi connectivity index (χ4n) is 3.65. The van der Waals surface area contributed by atoms with Gasteiger partial charge >= 0.3 is 5.97 Å². The third-order valence-electron chi connectivity index (χ3n) is 5.26. The van der Waals surface area contributed by atoms with Gasteiger partial charge < -0.3 is 20.1 Å². The van der Waals surface area contributed by atoms with E-state index in [9.17, 15) is 14.4 Å². The number of nitrogens with zero attached hydrogens (tertiary/aromatic N) is 4. The molecule has 3 heterocycles. The van der Waals surface area contributed by atoms with Gasteiger partial charge in [-0.05, 0) is 43.7 Å². The van der Waals surface area contributed by atoms with E-state index in [2.05, 4.69) is 20.7 Å². The minimum atomic E-state index is -0.650. The predicted octanol–water partition coefficient (Wildman–Crippen LogP) is 3.52. The van der Waals surface area contributed by atoms with Gasteiger partial charge in [0.05, 0.1) is 19.9 Å². The van der Waals surface area contributed by atoms with Crippen LogP contribution in [-0.4, -0.2) is 51.2 Å². The number of amides is 2. The van der Waals surface area contributed by atoms with E-state index in [1.807, 2.05) is 19.1 Å². The number of carbonyl (C=O) groups is 3. The lowest BCUT2D eigenvalue weighted by atomic mass is 10.1. The molecule has 4 aromatic rings. The largest absolute Gasteiger partial charge is 0.494 e. The molecule has 0 atom stereocenters. The maximum Gasteiger partial charge on any atom is 0.343 e. The lowest BCUT2D eigenvalue weighted by Gasteiger charge is -2.13. The minimum Gasteiger partial charge on any atom is -0.494 e. The summed E-state index contributed by atoms with van der Waals surface area (Å²) in [6.07, 6.45) is 2.70. The van der Waals surface area contributed by atoms with Gasteiger partial charge in [0.25, 0.3) is 5.91 Å². The Morgan fingerprint density at radius 3 is 2.64 bits per heavy atom. The number of pyridine rings is 2. The zero-order chi connectivity index (χ0) is 25.8. The fraction of sp³-hybridized carbons (Fsp3) is 0.200. The molecule has 0 unspecified atom stereocenters. The standard InChI is InChI=1S/C25H24N6O5/c1-5-36-25(34)18-13-27-31(21-11-14(2)17-7-6-8-19(35-4)22(17)29-21)23(18)30-24(33)16-9-10-26-20(12-16)28-15(3)32/h6-13H,5H2,1-4H3,(H,30,33)(H,26,28,32). The van der Waals surface area contributed by atoms with Gasteiger partial charge in [0.2, 0.25) is 5.91 Å². The fourth-order valence-corrected chi connectivity index (χ4v) is 3.65. The van der Waals surface area contributed by atoms with E-state index in [1.165, 1.54) is 36.1 Å². The predicted molar refractivity (Wildman–Crippen MR) is 133 cm³/mol. The number of para-hydroxylation sites is 1. The molecule has 11 nitrogen and oxygen atoms in total. The Labute approximate surface area is 206 Å². The van der Waals surface area contributed by atoms with E-state index >= 15 is 0 Å². The molecule has 0 fully saturated rings. The van der Waals surface area contributed by atoms with Crippen molar-refractivity contribution in [1.82, 2.24) is 19.7 Å². The second kappa shape index (κ2) is 10.2. The number of ether oxygens (including phenoxy) is 2. The van der Waals surface area contributed by atoms with Gasteiger partial charge in [0.15, 0.2) is 11.6 Å². The summed E-state index contributed by atoms with van der Waals surface area (Å²) in [6.45, 7) is 5.08. The molecule has 0 saturated heterocycles. The highest BCUT2D eigenvalue weighted by Crippen LogP contribution is 2.29. The molecule has 0 aliphatic carbocycles. The van der Waals surface area contributed by atoms with Gasteiger partial charge in [0.1, 0.15) is 22.6 Å². The number of anilines is 2. The highest BCUT2D eigenvalue weighted by Gasteiger charge is 2.23. The SMILES string of the molecule is CCOC(=O)c1cnn(-c2cc(C)c3cccc(OC)c3n2)c1NC(=O)c1ccnc(NC(C)=O)c1. The number of nitrogens with one attached hydrogen (secondary N) is 2. The van der Waals surface area contributed by atoms with Crippen molar-refractivity contribution < 1.29 is 23.9 Å². The molecule has 2 N–H and O–H groups in total. The summed E-state index contributed by atoms with van der Waals surface area (Å²) in [4.78, 5) is 45.9. The van der Waals surface area contributed by atoms with Crippen LogP contribution in [0.1, 0.15) is 40.1 Å². The maximum atomic E-state index is 13.2. The molecule has 1 aromatic carbocycles. The molecule has 0 saturated carbocycles. The van der Waals surface area contributed by atoms with E-state index in [-0.39, 0.29) is 35.3 Å². The minimum absolute atomic E-state index is 0.0564. The Morgan fingerprint density at radius 2 is 1.92 bits per heavy atom. The molecule has 0 radical (unpaired) electrons. The summed E-state index contributed by atoms with van der Waals surface area (Å²) in [5, 5.41) is 10.5. The molecule has 36 heavy (non-hydrogen) atoms. The van der Waals surface area contributed by atoms with Crippen LogP contribution in [0.15, 0.2) is 48.8 Å². The molecular formula is C25H24N6O5. The number of aryl methyl sites for hydroxylation is 1. The summed E-state index contributed by atoms with van der Waals surface area (Å²) in [5.41, 5.74) is 1.77. The van der Waals surface area contributed by atoms with Gasteiger partial charge in [-0.25, -0.2) is 14.8 Å². The zero-order valence-electron chi connectivity index (χ0n) is 20.2. The molecule has 0 aliphatic heterocycles. The van der Waals surface area contributed by atoms with Crippen LogP contribution in [0.4, 0.5) is 11.6 Å². The van der Waals surface area contributed by atoms with Crippen LogP contribution >= 0.6 is 0 Å². The van der Waals surface area contributed by atoms with Gasteiger partial charge in [-0.2, -0.15) is 9.78 Å². The van der Waals surface area contributed by atoms with Gasteiger partial charge in [0, 0.05) is 24.1 Å². The first-order valence-electron chi connectivity index (χ1n) is 11.1. The normalized spacial score (nSPS) is 10.7. The quantitative estimate of drug-likeness (QED) is 0.377. The van der Waals surface area contributed by atoms with Crippen LogP contribution in [0.25, 0.3) is 16.7 Å². The van der Waals surface area contributed by atoms with Crippen molar-refractivity contribution in [2.45, 2.75) is 20.8 Å². The van der Waals surface area contributed by atoms with Crippen molar-refractivity contribution in [3.63, 3.8) is 0 Å². The number of methoxy groups -OCH3 is 1. The summed E-state index contributed by atoms with van der Waals surface area (Å²) in [5.74, 6) is -0.289. The highest BCUT2D eigenvalue weighted by molar-refractivity contribution is 6.08. The Kier molecular flexibility index (Phi) is 6.91. The van der Waals surface area contributed by atoms with E-state index in [0.29, 0.717) is 17.1 Å². The van der Waals surface area contributed by atoms with Crippen molar-refractivity contribution in [3.8, 4) is 11.6 Å². The second-order valence-corrected chi connectivity index (χ2v) is 7.76. The lowest BCUT2D eigenvalue weighted by Crippen LogP contribution is -2.19. The first kappa shape index (κ1) is 24.3. The van der Waals surface area contributed by atoms with E-state index in [1.54, 1.807) is 26.2 Å². The van der Waals surface area contributed by atoms with Crippen molar-refractivity contribution >= 4 is 40.3 Å². The summed E-state index contributed by atoms with van der Waals surface area (Å²) in [6, 6.07) is 10.3. The molecule has 0 bridgehead atoms.